The van der Waals surface area contributed by atoms with Gasteiger partial charge in [-0.25, -0.2) is 4.68 Å². The van der Waals surface area contributed by atoms with Crippen molar-refractivity contribution in [1.29, 1.82) is 0 Å². The van der Waals surface area contributed by atoms with Crippen LogP contribution in [0.3, 0.4) is 0 Å². The van der Waals surface area contributed by atoms with Gasteiger partial charge in [0, 0.05) is 23.9 Å². The zero-order valence-electron chi connectivity index (χ0n) is 15.0. The highest BCUT2D eigenvalue weighted by molar-refractivity contribution is 5.38. The number of aliphatic hydroxyl groups is 1. The maximum Gasteiger partial charge on any atom is 0.124 e. The number of nitrogens with one attached hydrogen (secondary N) is 1. The number of hydrogen-bond acceptors (Lipinski definition) is 4. The lowest BCUT2D eigenvalue weighted by molar-refractivity contribution is 0.268. The van der Waals surface area contributed by atoms with E-state index < -0.39 is 0 Å². The highest BCUT2D eigenvalue weighted by atomic mass is 16.3. The third-order valence-electron chi connectivity index (χ3n) is 4.46. The zero-order chi connectivity index (χ0) is 17.8. The quantitative estimate of drug-likeness (QED) is 0.694. The van der Waals surface area contributed by atoms with E-state index in [4.69, 9.17) is 5.11 Å². The lowest BCUT2D eigenvalue weighted by Crippen LogP contribution is -2.10. The molecular weight excluding hydrogens is 314 g/mol. The third-order valence-corrected chi connectivity index (χ3v) is 4.46. The van der Waals surface area contributed by atoms with E-state index in [9.17, 15) is 0 Å². The maximum atomic E-state index is 9.13. The van der Waals surface area contributed by atoms with Gasteiger partial charge in [-0.3, -0.25) is 4.68 Å². The van der Waals surface area contributed by atoms with Crippen LogP contribution in [0.1, 0.15) is 28.1 Å². The normalized spacial score (nSPS) is 11.0. The van der Waals surface area contributed by atoms with Crippen molar-refractivity contribution in [3.8, 4) is 0 Å². The van der Waals surface area contributed by atoms with Gasteiger partial charge < -0.3 is 10.4 Å². The van der Waals surface area contributed by atoms with Crippen LogP contribution in [0, 0.1) is 20.8 Å². The molecular formula is C19H25N5O. The third kappa shape index (κ3) is 3.91. The summed E-state index contributed by atoms with van der Waals surface area (Å²) in [7, 11) is 0. The number of aromatic nitrogens is 4. The molecule has 6 nitrogen and oxygen atoms in total. The van der Waals surface area contributed by atoms with Gasteiger partial charge in [-0.05, 0) is 26.3 Å². The summed E-state index contributed by atoms with van der Waals surface area (Å²) >= 11 is 0. The molecule has 3 aromatic rings. The van der Waals surface area contributed by atoms with E-state index in [2.05, 4.69) is 46.7 Å². The highest BCUT2D eigenvalue weighted by Gasteiger charge is 2.12. The fourth-order valence-corrected chi connectivity index (χ4v) is 2.96. The van der Waals surface area contributed by atoms with Crippen LogP contribution in [0.5, 0.6) is 0 Å². The van der Waals surface area contributed by atoms with Crippen molar-refractivity contribution in [3.63, 3.8) is 0 Å². The van der Waals surface area contributed by atoms with Crippen molar-refractivity contribution >= 4 is 5.82 Å². The Hall–Kier alpha value is -2.60. The number of hydrogen-bond donors (Lipinski definition) is 2. The van der Waals surface area contributed by atoms with Crippen molar-refractivity contribution in [3.05, 3.63) is 64.6 Å². The van der Waals surface area contributed by atoms with Gasteiger partial charge in [-0.1, -0.05) is 29.8 Å². The smallest absolute Gasteiger partial charge is 0.124 e. The van der Waals surface area contributed by atoms with Crippen LogP contribution >= 0.6 is 0 Å². The molecule has 0 atom stereocenters. The fourth-order valence-electron chi connectivity index (χ4n) is 2.96. The van der Waals surface area contributed by atoms with E-state index in [1.165, 1.54) is 11.1 Å². The van der Waals surface area contributed by atoms with Gasteiger partial charge in [0.1, 0.15) is 5.82 Å². The molecule has 0 radical (unpaired) electrons. The number of aliphatic hydroxyl groups excluding tert-OH is 1. The molecule has 0 aliphatic heterocycles. The molecule has 1 aromatic carbocycles. The Kier molecular flexibility index (Phi) is 5.19. The summed E-state index contributed by atoms with van der Waals surface area (Å²) in [4.78, 5) is 0. The summed E-state index contributed by atoms with van der Waals surface area (Å²) in [5.74, 6) is 0.981. The Labute approximate surface area is 148 Å². The van der Waals surface area contributed by atoms with Crippen LogP contribution < -0.4 is 5.32 Å². The van der Waals surface area contributed by atoms with E-state index >= 15 is 0 Å². The molecule has 2 N–H and O–H groups in total. The van der Waals surface area contributed by atoms with E-state index in [1.807, 2.05) is 35.5 Å². The molecule has 2 heterocycles. The topological polar surface area (TPSA) is 67.9 Å². The van der Waals surface area contributed by atoms with Gasteiger partial charge in [0.15, 0.2) is 0 Å². The second-order valence-electron chi connectivity index (χ2n) is 6.31. The first kappa shape index (κ1) is 17.2. The first-order valence-electron chi connectivity index (χ1n) is 8.53. The monoisotopic (exact) mass is 339 g/mol. The minimum absolute atomic E-state index is 0.0954. The van der Waals surface area contributed by atoms with Crippen molar-refractivity contribution in [2.45, 2.75) is 40.4 Å². The standard InChI is InChI=1S/C19H25N5O/c1-14-4-6-17(7-5-14)13-24-19(8-9-21-24)20-12-18-15(2)22-23(10-11-25)16(18)3/h4-9,20,25H,10-13H2,1-3H3. The molecule has 0 fully saturated rings. The van der Waals surface area contributed by atoms with Crippen LogP contribution in [-0.2, 0) is 19.6 Å². The minimum atomic E-state index is 0.0954. The van der Waals surface area contributed by atoms with E-state index in [0.717, 1.165) is 29.3 Å². The van der Waals surface area contributed by atoms with Crippen LogP contribution in [0.4, 0.5) is 5.82 Å². The van der Waals surface area contributed by atoms with Crippen LogP contribution in [0.15, 0.2) is 36.5 Å². The van der Waals surface area contributed by atoms with Gasteiger partial charge >= 0.3 is 0 Å². The van der Waals surface area contributed by atoms with Crippen molar-refractivity contribution in [2.24, 2.45) is 0 Å². The van der Waals surface area contributed by atoms with Gasteiger partial charge in [0.05, 0.1) is 31.6 Å². The van der Waals surface area contributed by atoms with Crippen molar-refractivity contribution in [1.82, 2.24) is 19.6 Å². The summed E-state index contributed by atoms with van der Waals surface area (Å²) in [6.07, 6.45) is 1.81. The number of aryl methyl sites for hydroxylation is 2. The average molecular weight is 339 g/mol. The molecule has 25 heavy (non-hydrogen) atoms. The van der Waals surface area contributed by atoms with Crippen LogP contribution in [-0.4, -0.2) is 31.3 Å². The van der Waals surface area contributed by atoms with Crippen molar-refractivity contribution < 1.29 is 5.11 Å². The number of nitrogens with zero attached hydrogens (tertiary/aromatic N) is 4. The molecule has 6 heteroatoms. The molecule has 0 aliphatic rings. The molecule has 0 unspecified atom stereocenters. The Balaban J connectivity index is 1.71. The Morgan fingerprint density at radius 1 is 1.04 bits per heavy atom. The Morgan fingerprint density at radius 3 is 2.52 bits per heavy atom. The molecule has 132 valence electrons. The average Bonchev–Trinajstić information content (AvgIpc) is 3.13. The summed E-state index contributed by atoms with van der Waals surface area (Å²) in [6, 6.07) is 10.5. The SMILES string of the molecule is Cc1ccc(Cn2nccc2NCc2c(C)nn(CCO)c2C)cc1. The molecule has 0 aliphatic carbocycles. The zero-order valence-corrected chi connectivity index (χ0v) is 15.0. The van der Waals surface area contributed by atoms with Crippen molar-refractivity contribution in [2.75, 3.05) is 11.9 Å². The molecule has 0 bridgehead atoms. The molecule has 3 rings (SSSR count). The maximum absolute atomic E-state index is 9.13. The van der Waals surface area contributed by atoms with Gasteiger partial charge in [0.2, 0.25) is 0 Å². The first-order valence-corrected chi connectivity index (χ1v) is 8.53. The highest BCUT2D eigenvalue weighted by Crippen LogP contribution is 2.17. The Bertz CT molecular complexity index is 832. The molecule has 0 spiro atoms. The Morgan fingerprint density at radius 2 is 1.80 bits per heavy atom. The first-order chi connectivity index (χ1) is 12.1. The molecule has 2 aromatic heterocycles. The fraction of sp³-hybridized carbons (Fsp3) is 0.368. The largest absolute Gasteiger partial charge is 0.394 e. The van der Waals surface area contributed by atoms with E-state index in [1.54, 1.807) is 0 Å². The lowest BCUT2D eigenvalue weighted by Gasteiger charge is -2.11. The lowest BCUT2D eigenvalue weighted by atomic mass is 10.1. The second kappa shape index (κ2) is 7.53. The molecule has 0 amide bonds. The molecule has 0 saturated carbocycles. The summed E-state index contributed by atoms with van der Waals surface area (Å²) < 4.78 is 3.82. The minimum Gasteiger partial charge on any atom is -0.394 e. The van der Waals surface area contributed by atoms with Crippen LogP contribution in [0.2, 0.25) is 0 Å². The van der Waals surface area contributed by atoms with Gasteiger partial charge in [-0.2, -0.15) is 10.2 Å². The number of anilines is 1. The van der Waals surface area contributed by atoms with Gasteiger partial charge in [-0.15, -0.1) is 0 Å². The predicted molar refractivity (Wildman–Crippen MR) is 98.6 cm³/mol. The molecule has 0 saturated heterocycles. The number of benzene rings is 1. The summed E-state index contributed by atoms with van der Waals surface area (Å²) in [5, 5.41) is 21.5. The van der Waals surface area contributed by atoms with Gasteiger partial charge in [0.25, 0.3) is 0 Å². The van der Waals surface area contributed by atoms with Crippen LogP contribution in [0.25, 0.3) is 0 Å². The summed E-state index contributed by atoms with van der Waals surface area (Å²) in [5.41, 5.74) is 5.72. The number of rotatable bonds is 7. The summed E-state index contributed by atoms with van der Waals surface area (Å²) in [6.45, 7) is 8.17. The van der Waals surface area contributed by atoms with E-state index in [0.29, 0.717) is 13.1 Å². The predicted octanol–water partition coefficient (Wildman–Crippen LogP) is 2.66. The van der Waals surface area contributed by atoms with E-state index in [-0.39, 0.29) is 6.61 Å². The second-order valence-corrected chi connectivity index (χ2v) is 6.31.